The Morgan fingerprint density at radius 2 is 2.08 bits per heavy atom. The van der Waals surface area contributed by atoms with Gasteiger partial charge in [-0.05, 0) is 66.5 Å². The number of carbonyl (C=O) groups excluding carboxylic acids is 1. The van der Waals surface area contributed by atoms with Gasteiger partial charge in [0.25, 0.3) is 0 Å². The number of allylic oxidation sites excluding steroid dienone is 3. The standard InChI is InChI=1S/C27H36ClIN2O6/c1-16-8-6-10-22(35-5)27(33)15-26(29,37-25(32)30-27)17(2)24-20(36-24)9-7-11-31(3)19-13-18(12-16)14-21(34-4)23(19)28/h6,8,10,13-14,17,20,22,24,33H,7,9,11-12,15H2,1-5H3,(H,30,32)/b10-6+,16-8+/t17-,20-,22+,24-,26?,27-/m0/s1. The van der Waals surface area contributed by atoms with Crippen molar-refractivity contribution in [3.05, 3.63) is 46.5 Å². The Hall–Kier alpha value is -1.53. The molecule has 0 radical (unpaired) electrons. The first kappa shape index (κ1) is 28.5. The molecule has 1 unspecified atom stereocenters. The number of nitrogens with zero attached hydrogens (tertiary/aromatic N) is 1. The number of epoxide rings is 1. The van der Waals surface area contributed by atoms with Crippen molar-refractivity contribution in [3.8, 4) is 5.75 Å². The average Bonchev–Trinajstić information content (AvgIpc) is 3.60. The number of aliphatic hydroxyl groups is 1. The Balaban J connectivity index is 1.68. The number of amides is 1. The Morgan fingerprint density at radius 3 is 2.78 bits per heavy atom. The number of benzene rings is 1. The lowest BCUT2D eigenvalue weighted by Crippen LogP contribution is -2.66. The van der Waals surface area contributed by atoms with Crippen LogP contribution in [-0.2, 0) is 20.6 Å². The van der Waals surface area contributed by atoms with Gasteiger partial charge < -0.3 is 29.0 Å². The van der Waals surface area contributed by atoms with Gasteiger partial charge in [-0.15, -0.1) is 0 Å². The van der Waals surface area contributed by atoms with Crippen LogP contribution in [0.15, 0.2) is 35.9 Å². The molecule has 3 heterocycles. The van der Waals surface area contributed by atoms with Crippen molar-refractivity contribution >= 4 is 46.0 Å². The minimum absolute atomic E-state index is 0.0615. The number of nitrogens with one attached hydrogen (secondary N) is 1. The Kier molecular flexibility index (Phi) is 8.69. The molecule has 2 fully saturated rings. The fraction of sp³-hybridized carbons (Fsp3) is 0.593. The van der Waals surface area contributed by atoms with Crippen LogP contribution in [0.1, 0.15) is 38.7 Å². The molecule has 4 bridgehead atoms. The number of methoxy groups -OCH3 is 2. The third-order valence-electron chi connectivity index (χ3n) is 7.45. The van der Waals surface area contributed by atoms with Gasteiger partial charge in [-0.3, -0.25) is 5.32 Å². The lowest BCUT2D eigenvalue weighted by molar-refractivity contribution is -0.147. The fourth-order valence-corrected chi connectivity index (χ4v) is 6.72. The van der Waals surface area contributed by atoms with Gasteiger partial charge in [-0.1, -0.05) is 42.3 Å². The van der Waals surface area contributed by atoms with E-state index in [1.54, 1.807) is 13.2 Å². The van der Waals surface area contributed by atoms with Crippen molar-refractivity contribution in [2.75, 3.05) is 32.7 Å². The summed E-state index contributed by atoms with van der Waals surface area (Å²) in [6.45, 7) is 4.84. The summed E-state index contributed by atoms with van der Waals surface area (Å²) in [5.41, 5.74) is 1.47. The first-order valence-electron chi connectivity index (χ1n) is 12.5. The summed E-state index contributed by atoms with van der Waals surface area (Å²) in [6.07, 6.45) is 6.73. The fourth-order valence-electron chi connectivity index (χ4n) is 5.26. The number of hydrogen-bond acceptors (Lipinski definition) is 7. The molecule has 3 aliphatic heterocycles. The highest BCUT2D eigenvalue weighted by Crippen LogP contribution is 2.48. The van der Waals surface area contributed by atoms with Crippen LogP contribution in [0, 0.1) is 5.92 Å². The SMILES string of the molecule is COc1cc2cc(c1Cl)N(C)CCC[C@@H]1O[C@H]1[C@H](C)C1(I)C[C@@](O)(NC(=O)O1)[C@H](OC)/C=C/C=C(\C)C2. The summed E-state index contributed by atoms with van der Waals surface area (Å²) >= 11 is 8.82. The number of hydrogen-bond donors (Lipinski definition) is 2. The van der Waals surface area contributed by atoms with Crippen molar-refractivity contribution in [1.29, 1.82) is 0 Å². The summed E-state index contributed by atoms with van der Waals surface area (Å²) in [4.78, 5) is 14.7. The lowest BCUT2D eigenvalue weighted by atomic mass is 9.87. The van der Waals surface area contributed by atoms with Gasteiger partial charge in [0.1, 0.15) is 16.9 Å². The van der Waals surface area contributed by atoms with Crippen LogP contribution >= 0.6 is 34.2 Å². The van der Waals surface area contributed by atoms with Gasteiger partial charge in [0.2, 0.25) is 0 Å². The molecule has 8 nitrogen and oxygen atoms in total. The molecular formula is C27H36ClIN2O6. The first-order chi connectivity index (χ1) is 17.5. The number of rotatable bonds is 2. The van der Waals surface area contributed by atoms with Crippen molar-refractivity contribution < 1.29 is 28.8 Å². The normalized spacial score (nSPS) is 36.9. The van der Waals surface area contributed by atoms with Crippen molar-refractivity contribution in [1.82, 2.24) is 5.32 Å². The zero-order valence-electron chi connectivity index (χ0n) is 21.9. The van der Waals surface area contributed by atoms with Gasteiger partial charge in [0.15, 0.2) is 9.33 Å². The largest absolute Gasteiger partial charge is 0.495 e. The van der Waals surface area contributed by atoms with Gasteiger partial charge >= 0.3 is 6.09 Å². The molecule has 4 rings (SSSR count). The van der Waals surface area contributed by atoms with E-state index in [0.717, 1.165) is 36.2 Å². The summed E-state index contributed by atoms with van der Waals surface area (Å²) in [5, 5.41) is 14.7. The van der Waals surface area contributed by atoms with Crippen LogP contribution in [0.5, 0.6) is 5.75 Å². The van der Waals surface area contributed by atoms with Crippen LogP contribution in [0.4, 0.5) is 10.5 Å². The predicted molar refractivity (Wildman–Crippen MR) is 152 cm³/mol. The molecule has 37 heavy (non-hydrogen) atoms. The Morgan fingerprint density at radius 1 is 1.32 bits per heavy atom. The predicted octanol–water partition coefficient (Wildman–Crippen LogP) is 4.99. The van der Waals surface area contributed by atoms with E-state index >= 15 is 0 Å². The maximum Gasteiger partial charge on any atom is 0.410 e. The molecule has 0 saturated carbocycles. The van der Waals surface area contributed by atoms with E-state index in [1.165, 1.54) is 7.11 Å². The van der Waals surface area contributed by atoms with E-state index in [2.05, 4.69) is 38.9 Å². The van der Waals surface area contributed by atoms with Gasteiger partial charge in [0.05, 0.1) is 25.0 Å². The number of ether oxygens (including phenoxy) is 4. The number of carbonyl (C=O) groups is 1. The molecule has 0 aromatic heterocycles. The molecule has 1 aromatic rings. The summed E-state index contributed by atoms with van der Waals surface area (Å²) in [6, 6.07) is 4.07. The monoisotopic (exact) mass is 646 g/mol. The van der Waals surface area contributed by atoms with Crippen molar-refractivity contribution in [2.45, 2.75) is 67.2 Å². The number of halogens is 2. The lowest BCUT2D eigenvalue weighted by Gasteiger charge is -2.46. The topological polar surface area (TPSA) is 92.8 Å². The molecule has 2 saturated heterocycles. The van der Waals surface area contributed by atoms with Crippen LogP contribution in [0.25, 0.3) is 0 Å². The molecule has 0 aliphatic carbocycles. The minimum Gasteiger partial charge on any atom is -0.495 e. The smallest absolute Gasteiger partial charge is 0.410 e. The van der Waals surface area contributed by atoms with Crippen LogP contribution in [0.3, 0.4) is 0 Å². The highest BCUT2D eigenvalue weighted by atomic mass is 127. The Bertz CT molecular complexity index is 1080. The van der Waals surface area contributed by atoms with Crippen molar-refractivity contribution in [2.24, 2.45) is 5.92 Å². The van der Waals surface area contributed by atoms with E-state index in [0.29, 0.717) is 17.2 Å². The molecule has 3 aliphatic rings. The number of alkyl halides is 1. The first-order valence-corrected chi connectivity index (χ1v) is 14.0. The van der Waals surface area contributed by atoms with E-state index < -0.39 is 21.5 Å². The van der Waals surface area contributed by atoms with Gasteiger partial charge in [-0.2, -0.15) is 0 Å². The Labute approximate surface area is 237 Å². The van der Waals surface area contributed by atoms with Crippen LogP contribution in [0.2, 0.25) is 5.02 Å². The summed E-state index contributed by atoms with van der Waals surface area (Å²) < 4.78 is 22.0. The number of alkyl carbamates (subject to hydrolysis) is 1. The average molecular weight is 647 g/mol. The van der Waals surface area contributed by atoms with Crippen LogP contribution < -0.4 is 15.0 Å². The quantitative estimate of drug-likeness (QED) is 0.266. The van der Waals surface area contributed by atoms with E-state index in [9.17, 15) is 9.90 Å². The summed E-state index contributed by atoms with van der Waals surface area (Å²) in [5.74, 6) is 0.515. The molecular weight excluding hydrogens is 611 g/mol. The molecule has 6 atom stereocenters. The minimum atomic E-state index is -1.63. The zero-order chi connectivity index (χ0) is 27.0. The molecule has 10 heteroatoms. The van der Waals surface area contributed by atoms with E-state index in [-0.39, 0.29) is 24.5 Å². The molecule has 0 spiro atoms. The van der Waals surface area contributed by atoms with Crippen LogP contribution in [-0.4, -0.2) is 66.7 Å². The molecule has 1 amide bonds. The third kappa shape index (κ3) is 6.21. The summed E-state index contributed by atoms with van der Waals surface area (Å²) in [7, 11) is 5.17. The maximum absolute atomic E-state index is 12.6. The third-order valence-corrected chi connectivity index (χ3v) is 9.42. The molecule has 204 valence electrons. The van der Waals surface area contributed by atoms with E-state index in [1.807, 2.05) is 39.1 Å². The zero-order valence-corrected chi connectivity index (χ0v) is 24.8. The number of anilines is 1. The van der Waals surface area contributed by atoms with E-state index in [4.69, 9.17) is 30.5 Å². The highest BCUT2D eigenvalue weighted by Gasteiger charge is 2.59. The molecule has 1 aromatic carbocycles. The molecule has 2 N–H and O–H groups in total. The van der Waals surface area contributed by atoms with Gasteiger partial charge in [0, 0.05) is 33.0 Å². The van der Waals surface area contributed by atoms with Gasteiger partial charge in [-0.25, -0.2) is 4.79 Å². The van der Waals surface area contributed by atoms with Crippen molar-refractivity contribution in [3.63, 3.8) is 0 Å². The second kappa shape index (κ2) is 11.3. The number of fused-ring (bicyclic) bond motifs is 5. The maximum atomic E-state index is 12.6. The second-order valence-corrected chi connectivity index (χ2v) is 12.5. The highest BCUT2D eigenvalue weighted by molar-refractivity contribution is 14.1. The second-order valence-electron chi connectivity index (χ2n) is 10.3.